The summed E-state index contributed by atoms with van der Waals surface area (Å²) in [5.41, 5.74) is 6.29. The molecule has 4 nitrogen and oxygen atoms in total. The molecule has 1 aromatic heterocycles. The van der Waals surface area contributed by atoms with Crippen molar-refractivity contribution in [3.8, 4) is 0 Å². The molecule has 0 aliphatic rings. The fraction of sp³-hybridized carbons (Fsp3) is 0.700. The van der Waals surface area contributed by atoms with Crippen molar-refractivity contribution < 1.29 is 22.6 Å². The van der Waals surface area contributed by atoms with E-state index in [-0.39, 0.29) is 6.61 Å². The summed E-state index contributed by atoms with van der Waals surface area (Å²) in [6.45, 7) is -0.539. The third kappa shape index (κ3) is 5.30. The first-order chi connectivity index (χ1) is 8.46. The maximum Gasteiger partial charge on any atom is 0.411 e. The topological polar surface area (TPSA) is 57.4 Å². The Balaban J connectivity index is 2.42. The normalized spacial score (nSPS) is 12.1. The molecular weight excluding hydrogens is 269 g/mol. The number of ether oxygens (including phenoxy) is 2. The number of nitrogens with two attached hydrogens (primary N) is 1. The fourth-order valence-electron chi connectivity index (χ4n) is 1.30. The van der Waals surface area contributed by atoms with E-state index < -0.39 is 12.8 Å². The molecule has 1 rings (SSSR count). The lowest BCUT2D eigenvalue weighted by Gasteiger charge is -2.06. The molecule has 1 heterocycles. The van der Waals surface area contributed by atoms with Crippen LogP contribution in [0.1, 0.15) is 15.6 Å². The molecule has 0 bridgehead atoms. The van der Waals surface area contributed by atoms with Crippen LogP contribution >= 0.6 is 11.3 Å². The molecular formula is C10H15F3N2O2S. The number of aromatic nitrogens is 1. The summed E-state index contributed by atoms with van der Waals surface area (Å²) in [6.07, 6.45) is -3.94. The standard InChI is InChI=1S/C10H15F3N2O2S/c1-16-5-7-8(4-14)18-9(15-7)2-3-17-6-10(11,12)13/h2-6,14H2,1H3. The molecule has 0 saturated carbocycles. The van der Waals surface area contributed by atoms with Crippen LogP contribution in [-0.4, -0.2) is 31.5 Å². The van der Waals surface area contributed by atoms with Crippen LogP contribution in [0.3, 0.4) is 0 Å². The molecule has 1 aromatic rings. The van der Waals surface area contributed by atoms with E-state index in [1.54, 1.807) is 7.11 Å². The van der Waals surface area contributed by atoms with E-state index in [1.807, 2.05) is 0 Å². The van der Waals surface area contributed by atoms with E-state index in [2.05, 4.69) is 9.72 Å². The maximum absolute atomic E-state index is 11.8. The minimum absolute atomic E-state index is 0.0105. The third-order valence-electron chi connectivity index (χ3n) is 2.01. The first kappa shape index (κ1) is 15.4. The van der Waals surface area contributed by atoms with Gasteiger partial charge in [0.05, 0.1) is 23.9 Å². The molecule has 104 valence electrons. The third-order valence-corrected chi connectivity index (χ3v) is 3.19. The van der Waals surface area contributed by atoms with Gasteiger partial charge in [0.1, 0.15) is 6.61 Å². The van der Waals surface area contributed by atoms with E-state index in [0.29, 0.717) is 24.6 Å². The molecule has 2 N–H and O–H groups in total. The largest absolute Gasteiger partial charge is 0.411 e. The molecule has 0 aromatic carbocycles. The van der Waals surface area contributed by atoms with Crippen LogP contribution < -0.4 is 5.73 Å². The second-order valence-electron chi connectivity index (χ2n) is 3.53. The van der Waals surface area contributed by atoms with Gasteiger partial charge in [0, 0.05) is 25.0 Å². The highest BCUT2D eigenvalue weighted by Crippen LogP contribution is 2.20. The van der Waals surface area contributed by atoms with Crippen LogP contribution in [0, 0.1) is 0 Å². The number of methoxy groups -OCH3 is 1. The van der Waals surface area contributed by atoms with E-state index >= 15 is 0 Å². The zero-order valence-corrected chi connectivity index (χ0v) is 10.7. The van der Waals surface area contributed by atoms with Crippen LogP contribution in [-0.2, 0) is 29.0 Å². The summed E-state index contributed by atoms with van der Waals surface area (Å²) in [5.74, 6) is 0. The molecule has 0 atom stereocenters. The van der Waals surface area contributed by atoms with E-state index in [1.165, 1.54) is 11.3 Å². The Hall–Kier alpha value is -0.700. The SMILES string of the molecule is COCc1nc(CCOCC(F)(F)F)sc1CN. The molecule has 0 aliphatic carbocycles. The van der Waals surface area contributed by atoms with Crippen LogP contribution in [0.2, 0.25) is 0 Å². The fourth-order valence-corrected chi connectivity index (χ4v) is 2.23. The summed E-state index contributed by atoms with van der Waals surface area (Å²) >= 11 is 1.38. The highest BCUT2D eigenvalue weighted by molar-refractivity contribution is 7.11. The van der Waals surface area contributed by atoms with Crippen molar-refractivity contribution in [3.63, 3.8) is 0 Å². The van der Waals surface area contributed by atoms with Crippen molar-refractivity contribution in [3.05, 3.63) is 15.6 Å². The van der Waals surface area contributed by atoms with Crippen molar-refractivity contribution in [2.24, 2.45) is 5.73 Å². The van der Waals surface area contributed by atoms with E-state index in [0.717, 1.165) is 10.6 Å². The van der Waals surface area contributed by atoms with Gasteiger partial charge in [-0.1, -0.05) is 0 Å². The van der Waals surface area contributed by atoms with E-state index in [4.69, 9.17) is 10.5 Å². The summed E-state index contributed by atoms with van der Waals surface area (Å²) < 4.78 is 45.0. The average Bonchev–Trinajstić information content (AvgIpc) is 2.66. The average molecular weight is 284 g/mol. The Kier molecular flexibility index (Phi) is 6.00. The lowest BCUT2D eigenvalue weighted by atomic mass is 10.4. The van der Waals surface area contributed by atoms with Crippen molar-refractivity contribution in [1.29, 1.82) is 0 Å². The number of rotatable bonds is 7. The molecule has 8 heteroatoms. The van der Waals surface area contributed by atoms with Crippen molar-refractivity contribution in [1.82, 2.24) is 4.98 Å². The zero-order valence-electron chi connectivity index (χ0n) is 9.92. The van der Waals surface area contributed by atoms with Gasteiger partial charge in [-0.2, -0.15) is 13.2 Å². The lowest BCUT2D eigenvalue weighted by Crippen LogP contribution is -2.17. The molecule has 0 fully saturated rings. The number of alkyl halides is 3. The predicted octanol–water partition coefficient (Wildman–Crippen LogP) is 1.87. The minimum atomic E-state index is -4.29. The monoisotopic (exact) mass is 284 g/mol. The van der Waals surface area contributed by atoms with Gasteiger partial charge in [-0.3, -0.25) is 0 Å². The smallest absolute Gasteiger partial charge is 0.378 e. The zero-order chi connectivity index (χ0) is 13.6. The number of halogens is 3. The quantitative estimate of drug-likeness (QED) is 0.777. The number of hydrogen-bond donors (Lipinski definition) is 1. The minimum Gasteiger partial charge on any atom is -0.378 e. The van der Waals surface area contributed by atoms with Gasteiger partial charge in [-0.05, 0) is 0 Å². The van der Waals surface area contributed by atoms with Gasteiger partial charge in [0.25, 0.3) is 0 Å². The van der Waals surface area contributed by atoms with Gasteiger partial charge < -0.3 is 15.2 Å². The Morgan fingerprint density at radius 2 is 2.11 bits per heavy atom. The van der Waals surface area contributed by atoms with Crippen LogP contribution in [0.25, 0.3) is 0 Å². The first-order valence-corrected chi connectivity index (χ1v) is 6.09. The second kappa shape index (κ2) is 7.03. The van der Waals surface area contributed by atoms with Crippen molar-refractivity contribution in [2.75, 3.05) is 20.3 Å². The van der Waals surface area contributed by atoms with Crippen LogP contribution in [0.15, 0.2) is 0 Å². The summed E-state index contributed by atoms with van der Waals surface area (Å²) in [4.78, 5) is 5.15. The van der Waals surface area contributed by atoms with Gasteiger partial charge in [0.15, 0.2) is 0 Å². The number of hydrogen-bond acceptors (Lipinski definition) is 5. The first-order valence-electron chi connectivity index (χ1n) is 5.27. The Bertz CT molecular complexity index is 368. The summed E-state index contributed by atoms with van der Waals surface area (Å²) in [7, 11) is 1.55. The molecule has 0 unspecified atom stereocenters. The molecule has 0 saturated heterocycles. The summed E-state index contributed by atoms with van der Waals surface area (Å²) in [5, 5.41) is 0.713. The Labute approximate surface area is 107 Å². The lowest BCUT2D eigenvalue weighted by molar-refractivity contribution is -0.173. The molecule has 0 spiro atoms. The highest BCUT2D eigenvalue weighted by atomic mass is 32.1. The second-order valence-corrected chi connectivity index (χ2v) is 4.70. The maximum atomic E-state index is 11.8. The highest BCUT2D eigenvalue weighted by Gasteiger charge is 2.27. The van der Waals surface area contributed by atoms with Crippen LogP contribution in [0.5, 0.6) is 0 Å². The summed E-state index contributed by atoms with van der Waals surface area (Å²) in [6, 6.07) is 0. The molecule has 0 radical (unpaired) electrons. The van der Waals surface area contributed by atoms with Crippen LogP contribution in [0.4, 0.5) is 13.2 Å². The molecule has 18 heavy (non-hydrogen) atoms. The molecule has 0 amide bonds. The van der Waals surface area contributed by atoms with Crippen molar-refractivity contribution in [2.45, 2.75) is 25.7 Å². The predicted molar refractivity (Wildman–Crippen MR) is 61.3 cm³/mol. The number of nitrogens with zero attached hydrogens (tertiary/aromatic N) is 1. The Morgan fingerprint density at radius 3 is 2.67 bits per heavy atom. The number of thiazole rings is 1. The van der Waals surface area contributed by atoms with Gasteiger partial charge in [-0.15, -0.1) is 11.3 Å². The van der Waals surface area contributed by atoms with Gasteiger partial charge in [0.2, 0.25) is 0 Å². The van der Waals surface area contributed by atoms with Gasteiger partial charge >= 0.3 is 6.18 Å². The van der Waals surface area contributed by atoms with E-state index in [9.17, 15) is 13.2 Å². The Morgan fingerprint density at radius 1 is 1.39 bits per heavy atom. The van der Waals surface area contributed by atoms with Gasteiger partial charge in [-0.25, -0.2) is 4.98 Å². The van der Waals surface area contributed by atoms with Crippen molar-refractivity contribution >= 4 is 11.3 Å². The molecule has 0 aliphatic heterocycles.